The number of nitrogens with two attached hydrogens (primary N) is 1. The van der Waals surface area contributed by atoms with Gasteiger partial charge in [-0.2, -0.15) is 14.8 Å². The van der Waals surface area contributed by atoms with Gasteiger partial charge in [-0.1, -0.05) is 0 Å². The highest BCUT2D eigenvalue weighted by Crippen LogP contribution is 2.37. The van der Waals surface area contributed by atoms with E-state index in [2.05, 4.69) is 24.5 Å². The maximum absolute atomic E-state index is 11.9. The fourth-order valence-corrected chi connectivity index (χ4v) is 3.05. The number of rotatable bonds is 3. The van der Waals surface area contributed by atoms with Crippen LogP contribution in [0.1, 0.15) is 0 Å². The lowest BCUT2D eigenvalue weighted by atomic mass is 10.1. The Balaban J connectivity index is 2.01. The summed E-state index contributed by atoms with van der Waals surface area (Å²) in [5.41, 5.74) is 4.88. The highest BCUT2D eigenvalue weighted by molar-refractivity contribution is 7.68. The molecule has 0 aromatic carbocycles. The number of nitrogen functional groups attached to an aromatic ring is 1. The van der Waals surface area contributed by atoms with Crippen LogP contribution in [0, 0.1) is 0 Å². The van der Waals surface area contributed by atoms with Crippen molar-refractivity contribution < 1.29 is 23.6 Å². The average Bonchev–Trinajstić information content (AvgIpc) is 2.47. The zero-order valence-electron chi connectivity index (χ0n) is 11.6. The quantitative estimate of drug-likeness (QED) is 0.309. The molecule has 2 aliphatic heterocycles. The smallest absolute Gasteiger partial charge is 0.469 e. The van der Waals surface area contributed by atoms with Crippen molar-refractivity contribution in [3.05, 3.63) is 31.0 Å². The van der Waals surface area contributed by atoms with Crippen molar-refractivity contribution in [2.24, 2.45) is 9.98 Å². The second kappa shape index (κ2) is 6.11. The van der Waals surface area contributed by atoms with Crippen molar-refractivity contribution in [3.63, 3.8) is 0 Å². The maximum atomic E-state index is 11.9. The molecule has 14 heteroatoms. The molecule has 0 unspecified atom stereocenters. The first-order chi connectivity index (χ1) is 11.2. The van der Waals surface area contributed by atoms with Gasteiger partial charge in [0.2, 0.25) is 5.95 Å². The van der Waals surface area contributed by atoms with E-state index in [0.717, 1.165) is 0 Å². The summed E-state index contributed by atoms with van der Waals surface area (Å²) in [5, 5.41) is -0.0379. The number of anilines is 1. The van der Waals surface area contributed by atoms with E-state index in [1.807, 2.05) is 0 Å². The lowest BCUT2D eigenvalue weighted by Crippen LogP contribution is -2.53. The van der Waals surface area contributed by atoms with Gasteiger partial charge in [0.15, 0.2) is 17.1 Å². The first kappa shape index (κ1) is 17.4. The van der Waals surface area contributed by atoms with E-state index in [1.54, 1.807) is 0 Å². The van der Waals surface area contributed by atoms with Gasteiger partial charge in [0, 0.05) is 0 Å². The van der Waals surface area contributed by atoms with Gasteiger partial charge >= 0.3 is 7.82 Å². The van der Waals surface area contributed by atoms with Crippen molar-refractivity contribution >= 4 is 39.0 Å². The van der Waals surface area contributed by atoms with Crippen molar-refractivity contribution in [3.8, 4) is 0 Å². The molecule has 1 aromatic heterocycles. The molecule has 0 saturated heterocycles. The van der Waals surface area contributed by atoms with E-state index in [9.17, 15) is 9.36 Å². The van der Waals surface area contributed by atoms with Crippen molar-refractivity contribution in [1.82, 2.24) is 9.97 Å². The molecule has 1 aromatic rings. The number of hydrogen-bond acceptors (Lipinski definition) is 10. The van der Waals surface area contributed by atoms with E-state index in [4.69, 9.17) is 45.5 Å². The molecule has 2 aliphatic rings. The molecule has 3 rings (SSSR count). The van der Waals surface area contributed by atoms with E-state index < -0.39 is 38.4 Å². The number of nitrogens with one attached hydrogen (secondary N) is 1. The van der Waals surface area contributed by atoms with Crippen molar-refractivity contribution in [2.75, 3.05) is 12.3 Å². The van der Waals surface area contributed by atoms with E-state index in [-0.39, 0.29) is 26.6 Å². The highest BCUT2D eigenvalue weighted by atomic mass is 32.1. The van der Waals surface area contributed by atoms with E-state index in [1.165, 1.54) is 0 Å². The lowest BCUT2D eigenvalue weighted by molar-refractivity contribution is -0.0297. The standard InChI is InChI=1S/C10H12N5O6PS2/c11-10-14-7-4(8(16)15-10)12-3-6(24)5(23)2(21-9(3)13-7)1-20-22(17,18)19/h2-3,9,23-24H,1H2,(H2,17,18,19)(H3,11,13,14,15,16)/p-2/t2-,3+,9-/m1/s1. The van der Waals surface area contributed by atoms with Crippen LogP contribution in [-0.4, -0.2) is 44.7 Å². The summed E-state index contributed by atoms with van der Waals surface area (Å²) in [6.07, 6.45) is -1.93. The fraction of sp³-hybridized carbons (Fsp3) is 0.400. The van der Waals surface area contributed by atoms with Crippen molar-refractivity contribution in [1.29, 1.82) is 0 Å². The minimum atomic E-state index is -4.69. The Bertz CT molecular complexity index is 942. The summed E-state index contributed by atoms with van der Waals surface area (Å²) in [4.78, 5) is 44.2. The van der Waals surface area contributed by atoms with Crippen LogP contribution >= 0.6 is 7.82 Å². The number of phosphoric ester groups is 1. The third-order valence-electron chi connectivity index (χ3n) is 3.18. The molecule has 0 radical (unpaired) electrons. The number of aromatic amines is 1. The second-order valence-corrected chi connectivity index (χ2v) is 6.98. The van der Waals surface area contributed by atoms with Gasteiger partial charge in [-0.3, -0.25) is 19.3 Å². The number of fused-ring (bicyclic) bond motifs is 2. The van der Waals surface area contributed by atoms with Crippen LogP contribution in [-0.2, 0) is 39.1 Å². The monoisotopic (exact) mass is 391 g/mol. The molecule has 0 amide bonds. The molecule has 11 nitrogen and oxygen atoms in total. The Labute approximate surface area is 144 Å². The number of nitrogens with zero attached hydrogens (tertiary/aromatic N) is 3. The van der Waals surface area contributed by atoms with E-state index in [0.29, 0.717) is 0 Å². The molecule has 130 valence electrons. The van der Waals surface area contributed by atoms with Crippen molar-refractivity contribution in [2.45, 2.75) is 18.4 Å². The maximum Gasteiger partial charge on any atom is 0.469 e. The van der Waals surface area contributed by atoms with Gasteiger partial charge in [-0.15, -0.1) is 0 Å². The summed E-state index contributed by atoms with van der Waals surface area (Å²) in [7, 11) is -4.69. The molecule has 3 atom stereocenters. The Hall–Kier alpha value is -1.47. The summed E-state index contributed by atoms with van der Waals surface area (Å²) in [6.45, 7) is -0.500. The molecule has 3 heterocycles. The topological polar surface area (TPSA) is 172 Å². The average molecular weight is 391 g/mol. The van der Waals surface area contributed by atoms with Crippen LogP contribution in [0.15, 0.2) is 24.6 Å². The molecule has 24 heavy (non-hydrogen) atoms. The minimum Gasteiger partial charge on any atom is -0.783 e. The van der Waals surface area contributed by atoms with Gasteiger partial charge in [-0.05, 0) is 0 Å². The molecule has 0 bridgehead atoms. The SMILES string of the molecule is Nc1nc2c(c(=O)[nH]1)=N[C@H]1C([S-])=C([S-])[C@@H](COP(=O)(O)O)O[C@H]1N=2. The van der Waals surface area contributed by atoms with Crippen LogP contribution in [0.5, 0.6) is 0 Å². The first-order valence-corrected chi connectivity index (χ1v) is 8.75. The molecular formula is C10H10N5O6PS2-2. The predicted octanol–water partition coefficient (Wildman–Crippen LogP) is -2.89. The Kier molecular flexibility index (Phi) is 4.42. The Morgan fingerprint density at radius 1 is 1.33 bits per heavy atom. The number of hydrogen-bond donors (Lipinski definition) is 4. The largest absolute Gasteiger partial charge is 0.783 e. The predicted molar refractivity (Wildman–Crippen MR) is 83.8 cm³/mol. The first-order valence-electron chi connectivity index (χ1n) is 6.41. The minimum absolute atomic E-state index is 0.0113. The zero-order chi connectivity index (χ0) is 17.6. The highest BCUT2D eigenvalue weighted by Gasteiger charge is 2.32. The van der Waals surface area contributed by atoms with Crippen LogP contribution in [0.2, 0.25) is 0 Å². The van der Waals surface area contributed by atoms with Gasteiger partial charge < -0.3 is 45.5 Å². The Morgan fingerprint density at radius 3 is 2.71 bits per heavy atom. The zero-order valence-corrected chi connectivity index (χ0v) is 14.2. The number of phosphoric acid groups is 1. The third-order valence-corrected chi connectivity index (χ3v) is 4.74. The molecule has 0 aliphatic carbocycles. The molecule has 0 spiro atoms. The van der Waals surface area contributed by atoms with Crippen LogP contribution < -0.4 is 22.1 Å². The molecular weight excluding hydrogens is 381 g/mol. The second-order valence-electron chi connectivity index (χ2n) is 4.86. The van der Waals surface area contributed by atoms with Crippen LogP contribution in [0.3, 0.4) is 0 Å². The number of aromatic nitrogens is 2. The van der Waals surface area contributed by atoms with Gasteiger partial charge in [0.25, 0.3) is 5.56 Å². The van der Waals surface area contributed by atoms with Gasteiger partial charge in [0.05, 0.1) is 18.8 Å². The normalized spacial score (nSPS) is 26.2. The number of ether oxygens (including phenoxy) is 1. The molecule has 5 N–H and O–H groups in total. The molecule has 0 fully saturated rings. The fourth-order valence-electron chi connectivity index (χ4n) is 2.18. The Morgan fingerprint density at radius 2 is 2.04 bits per heavy atom. The summed E-state index contributed by atoms with van der Waals surface area (Å²) < 4.78 is 20.8. The van der Waals surface area contributed by atoms with Gasteiger partial charge in [0.1, 0.15) is 0 Å². The summed E-state index contributed by atoms with van der Waals surface area (Å²) in [5.74, 6) is -0.133. The van der Waals surface area contributed by atoms with Crippen LogP contribution in [0.25, 0.3) is 0 Å². The van der Waals surface area contributed by atoms with E-state index >= 15 is 0 Å². The molecule has 0 saturated carbocycles. The third kappa shape index (κ3) is 3.32. The number of H-pyrrole nitrogens is 1. The summed E-state index contributed by atoms with van der Waals surface area (Å²) >= 11 is 10.4. The van der Waals surface area contributed by atoms with Crippen LogP contribution in [0.4, 0.5) is 5.95 Å². The van der Waals surface area contributed by atoms with Gasteiger partial charge in [-0.25, -0.2) is 9.56 Å². The lowest BCUT2D eigenvalue weighted by Gasteiger charge is -2.44. The summed E-state index contributed by atoms with van der Waals surface area (Å²) in [6, 6.07) is -0.808.